The number of likely N-dealkylation sites (tertiary alicyclic amines) is 1. The molecular formula is C21H26FN3O5S. The van der Waals surface area contributed by atoms with Crippen LogP contribution in [0.4, 0.5) is 4.39 Å². The lowest BCUT2D eigenvalue weighted by atomic mass is 9.73. The Morgan fingerprint density at radius 2 is 1.65 bits per heavy atom. The van der Waals surface area contributed by atoms with E-state index in [9.17, 15) is 27.2 Å². The van der Waals surface area contributed by atoms with Crippen molar-refractivity contribution in [2.24, 2.45) is 5.41 Å². The molecule has 168 valence electrons. The molecule has 2 saturated heterocycles. The number of sulfonamides is 1. The quantitative estimate of drug-likeness (QED) is 0.645. The van der Waals surface area contributed by atoms with E-state index in [-0.39, 0.29) is 61.8 Å². The first-order valence-corrected chi connectivity index (χ1v) is 12.1. The van der Waals surface area contributed by atoms with Gasteiger partial charge in [0.25, 0.3) is 0 Å². The Kier molecular flexibility index (Phi) is 5.87. The van der Waals surface area contributed by atoms with E-state index < -0.39 is 21.3 Å². The van der Waals surface area contributed by atoms with Crippen molar-refractivity contribution in [3.05, 3.63) is 30.1 Å². The third-order valence-electron chi connectivity index (χ3n) is 6.64. The summed E-state index contributed by atoms with van der Waals surface area (Å²) in [5.41, 5.74) is -0.637. The predicted octanol–water partition coefficient (Wildman–Crippen LogP) is 1.37. The highest BCUT2D eigenvalue weighted by Gasteiger charge is 2.52. The monoisotopic (exact) mass is 451 g/mol. The summed E-state index contributed by atoms with van der Waals surface area (Å²) in [4.78, 5) is 40.3. The summed E-state index contributed by atoms with van der Waals surface area (Å²) in [6.45, 7) is -0.0241. The smallest absolute Gasteiger partial charge is 0.246 e. The Labute approximate surface area is 181 Å². The fourth-order valence-electron chi connectivity index (χ4n) is 4.85. The molecule has 0 aromatic heterocycles. The summed E-state index contributed by atoms with van der Waals surface area (Å²) in [5.74, 6) is -1.74. The molecule has 3 fully saturated rings. The molecule has 1 aromatic carbocycles. The highest BCUT2D eigenvalue weighted by Crippen LogP contribution is 2.45. The average molecular weight is 452 g/mol. The van der Waals surface area contributed by atoms with Crippen LogP contribution in [0.3, 0.4) is 0 Å². The molecular weight excluding hydrogens is 425 g/mol. The van der Waals surface area contributed by atoms with Gasteiger partial charge in [0, 0.05) is 32.6 Å². The molecule has 3 aliphatic rings. The third-order valence-corrected chi connectivity index (χ3v) is 8.57. The molecule has 8 nitrogen and oxygen atoms in total. The molecule has 0 unspecified atom stereocenters. The number of benzene rings is 1. The van der Waals surface area contributed by atoms with Gasteiger partial charge in [0.2, 0.25) is 27.7 Å². The SMILES string of the molecule is O=C(CN1C(=O)CC2(CCCCC2)C1=O)N1CCN(S(=O)(=O)c2ccccc2F)CC1. The zero-order chi connectivity index (χ0) is 22.2. The zero-order valence-corrected chi connectivity index (χ0v) is 18.1. The Morgan fingerprint density at radius 3 is 2.29 bits per heavy atom. The number of amides is 3. The van der Waals surface area contributed by atoms with Gasteiger partial charge >= 0.3 is 0 Å². The summed E-state index contributed by atoms with van der Waals surface area (Å²) in [5, 5.41) is 0. The van der Waals surface area contributed by atoms with Crippen molar-refractivity contribution in [2.45, 2.75) is 43.4 Å². The first-order chi connectivity index (χ1) is 14.7. The molecule has 1 saturated carbocycles. The van der Waals surface area contributed by atoms with Crippen LogP contribution in [0, 0.1) is 11.2 Å². The van der Waals surface area contributed by atoms with Crippen LogP contribution < -0.4 is 0 Å². The Hall–Kier alpha value is -2.33. The van der Waals surface area contributed by atoms with Gasteiger partial charge in [0.1, 0.15) is 17.3 Å². The number of piperazine rings is 1. The lowest BCUT2D eigenvalue weighted by molar-refractivity contribution is -0.148. The minimum atomic E-state index is -4.00. The van der Waals surface area contributed by atoms with E-state index in [1.807, 2.05) is 0 Å². The molecule has 0 atom stereocenters. The number of carbonyl (C=O) groups excluding carboxylic acids is 3. The average Bonchev–Trinajstić information content (AvgIpc) is 2.98. The number of hydrogen-bond acceptors (Lipinski definition) is 5. The van der Waals surface area contributed by atoms with Crippen molar-refractivity contribution in [3.8, 4) is 0 Å². The van der Waals surface area contributed by atoms with Gasteiger partial charge < -0.3 is 4.90 Å². The normalized spacial score (nSPS) is 22.4. The number of halogens is 1. The van der Waals surface area contributed by atoms with Crippen molar-refractivity contribution in [1.29, 1.82) is 0 Å². The molecule has 3 amide bonds. The second-order valence-electron chi connectivity index (χ2n) is 8.52. The van der Waals surface area contributed by atoms with E-state index in [1.54, 1.807) is 0 Å². The second-order valence-corrected chi connectivity index (χ2v) is 10.4. The number of rotatable bonds is 4. The first-order valence-electron chi connectivity index (χ1n) is 10.6. The van der Waals surface area contributed by atoms with Crippen LogP contribution in [0.2, 0.25) is 0 Å². The van der Waals surface area contributed by atoms with Gasteiger partial charge in [-0.3, -0.25) is 19.3 Å². The van der Waals surface area contributed by atoms with Crippen molar-refractivity contribution >= 4 is 27.7 Å². The molecule has 4 rings (SSSR count). The van der Waals surface area contributed by atoms with Gasteiger partial charge in [0.15, 0.2) is 0 Å². The fourth-order valence-corrected chi connectivity index (χ4v) is 6.33. The standard InChI is InChI=1S/C21H26FN3O5S/c22-16-6-2-3-7-17(16)31(29,30)24-12-10-23(11-13-24)19(27)15-25-18(26)14-21(20(25)28)8-4-1-5-9-21/h2-3,6-7H,1,4-5,8-15H2. The molecule has 1 aliphatic carbocycles. The maximum atomic E-state index is 14.0. The van der Waals surface area contributed by atoms with E-state index in [2.05, 4.69) is 0 Å². The van der Waals surface area contributed by atoms with Crippen LogP contribution in [-0.4, -0.2) is 73.0 Å². The van der Waals surface area contributed by atoms with Gasteiger partial charge in [-0.2, -0.15) is 4.31 Å². The lowest BCUT2D eigenvalue weighted by Gasteiger charge is -2.35. The molecule has 10 heteroatoms. The van der Waals surface area contributed by atoms with Crippen molar-refractivity contribution < 1.29 is 27.2 Å². The van der Waals surface area contributed by atoms with E-state index >= 15 is 0 Å². The number of carbonyl (C=O) groups is 3. The molecule has 31 heavy (non-hydrogen) atoms. The molecule has 1 aromatic rings. The molecule has 2 aliphatic heterocycles. The minimum Gasteiger partial charge on any atom is -0.338 e. The van der Waals surface area contributed by atoms with Crippen molar-refractivity contribution in [3.63, 3.8) is 0 Å². The highest BCUT2D eigenvalue weighted by molar-refractivity contribution is 7.89. The predicted molar refractivity (Wildman–Crippen MR) is 109 cm³/mol. The Bertz CT molecular complexity index is 998. The zero-order valence-electron chi connectivity index (χ0n) is 17.3. The van der Waals surface area contributed by atoms with Gasteiger partial charge in [-0.15, -0.1) is 0 Å². The van der Waals surface area contributed by atoms with Gasteiger partial charge in [-0.05, 0) is 25.0 Å². The summed E-state index contributed by atoms with van der Waals surface area (Å²) >= 11 is 0. The van der Waals surface area contributed by atoms with Crippen LogP contribution in [0.5, 0.6) is 0 Å². The van der Waals surface area contributed by atoms with Gasteiger partial charge in [-0.1, -0.05) is 31.4 Å². The van der Waals surface area contributed by atoms with Crippen LogP contribution in [-0.2, 0) is 24.4 Å². The topological polar surface area (TPSA) is 95.1 Å². The van der Waals surface area contributed by atoms with Crippen LogP contribution in [0.1, 0.15) is 38.5 Å². The lowest BCUT2D eigenvalue weighted by Crippen LogP contribution is -2.53. The Morgan fingerprint density at radius 1 is 1.00 bits per heavy atom. The van der Waals surface area contributed by atoms with E-state index in [1.165, 1.54) is 23.1 Å². The van der Waals surface area contributed by atoms with Crippen LogP contribution in [0.15, 0.2) is 29.2 Å². The number of nitrogens with zero attached hydrogens (tertiary/aromatic N) is 3. The maximum absolute atomic E-state index is 14.0. The minimum absolute atomic E-state index is 0.0221. The largest absolute Gasteiger partial charge is 0.338 e. The summed E-state index contributed by atoms with van der Waals surface area (Å²) in [7, 11) is -4.00. The summed E-state index contributed by atoms with van der Waals surface area (Å²) in [6, 6.07) is 5.19. The Balaban J connectivity index is 1.37. The summed E-state index contributed by atoms with van der Waals surface area (Å²) < 4.78 is 40.5. The van der Waals surface area contributed by atoms with Crippen molar-refractivity contribution in [2.75, 3.05) is 32.7 Å². The molecule has 2 heterocycles. The van der Waals surface area contributed by atoms with E-state index in [4.69, 9.17) is 0 Å². The molecule has 0 bridgehead atoms. The maximum Gasteiger partial charge on any atom is 0.246 e. The fraction of sp³-hybridized carbons (Fsp3) is 0.571. The van der Waals surface area contributed by atoms with E-state index in [0.29, 0.717) is 12.8 Å². The molecule has 1 spiro atoms. The molecule has 0 radical (unpaired) electrons. The summed E-state index contributed by atoms with van der Waals surface area (Å²) in [6.07, 6.45) is 4.44. The first kappa shape index (κ1) is 21.9. The van der Waals surface area contributed by atoms with Crippen LogP contribution >= 0.6 is 0 Å². The highest BCUT2D eigenvalue weighted by atomic mass is 32.2. The number of imide groups is 1. The van der Waals surface area contributed by atoms with Gasteiger partial charge in [0.05, 0.1) is 5.41 Å². The molecule has 0 N–H and O–H groups in total. The van der Waals surface area contributed by atoms with E-state index in [0.717, 1.165) is 34.5 Å². The van der Waals surface area contributed by atoms with Gasteiger partial charge in [-0.25, -0.2) is 12.8 Å². The third kappa shape index (κ3) is 3.98. The number of hydrogen-bond donors (Lipinski definition) is 0. The van der Waals surface area contributed by atoms with Crippen LogP contribution in [0.25, 0.3) is 0 Å². The van der Waals surface area contributed by atoms with Crippen molar-refractivity contribution in [1.82, 2.24) is 14.1 Å². The second kappa shape index (κ2) is 8.31.